The second-order valence-corrected chi connectivity index (χ2v) is 7.83. The molecule has 0 bridgehead atoms. The minimum Gasteiger partial charge on any atom is -0.467 e. The number of fused-ring (bicyclic) bond motifs is 1. The molecule has 1 unspecified atom stereocenters. The van der Waals surface area contributed by atoms with Crippen LogP contribution in [-0.2, 0) is 17.6 Å². The number of piperidine rings is 1. The number of hydrogen-bond acceptors (Lipinski definition) is 7. The van der Waals surface area contributed by atoms with E-state index in [0.29, 0.717) is 24.0 Å². The third-order valence-electron chi connectivity index (χ3n) is 5.79. The summed E-state index contributed by atoms with van der Waals surface area (Å²) in [6, 6.07) is 8.05. The van der Waals surface area contributed by atoms with Gasteiger partial charge in [-0.2, -0.15) is 5.26 Å². The van der Waals surface area contributed by atoms with E-state index >= 15 is 0 Å². The number of nitriles is 1. The van der Waals surface area contributed by atoms with Crippen LogP contribution in [0.25, 0.3) is 11.3 Å². The molecule has 158 valence electrons. The molecule has 1 aromatic heterocycles. The van der Waals surface area contributed by atoms with E-state index < -0.39 is 0 Å². The molecule has 1 aliphatic heterocycles. The molecule has 2 heterocycles. The maximum atomic E-state index is 9.30. The van der Waals surface area contributed by atoms with Crippen LogP contribution in [0.15, 0.2) is 18.2 Å². The summed E-state index contributed by atoms with van der Waals surface area (Å²) in [6.07, 6.45) is 6.61. The van der Waals surface area contributed by atoms with E-state index in [9.17, 15) is 5.26 Å². The van der Waals surface area contributed by atoms with E-state index in [1.54, 1.807) is 12.1 Å². The zero-order chi connectivity index (χ0) is 20.8. The molecule has 0 saturated carbocycles. The van der Waals surface area contributed by atoms with Gasteiger partial charge in [-0.1, -0.05) is 0 Å². The van der Waals surface area contributed by atoms with Gasteiger partial charge in [0.2, 0.25) is 0 Å². The first-order valence-corrected chi connectivity index (χ1v) is 10.9. The molecule has 2 aromatic rings. The van der Waals surface area contributed by atoms with E-state index in [2.05, 4.69) is 26.9 Å². The summed E-state index contributed by atoms with van der Waals surface area (Å²) in [4.78, 5) is 0. The summed E-state index contributed by atoms with van der Waals surface area (Å²) >= 11 is 0. The molecule has 2 N–H and O–H groups in total. The Morgan fingerprint density at radius 3 is 2.83 bits per heavy atom. The predicted molar refractivity (Wildman–Crippen MR) is 115 cm³/mol. The summed E-state index contributed by atoms with van der Waals surface area (Å²) in [5, 5.41) is 25.6. The number of hydrogen-bond donors (Lipinski definition) is 2. The number of anilines is 1. The summed E-state index contributed by atoms with van der Waals surface area (Å²) in [7, 11) is 0. The maximum absolute atomic E-state index is 9.30. The molecule has 7 heteroatoms. The maximum Gasteiger partial charge on any atom is 0.189 e. The van der Waals surface area contributed by atoms with Crippen molar-refractivity contribution >= 4 is 5.82 Å². The largest absolute Gasteiger partial charge is 0.467 e. The molecule has 1 aromatic carbocycles. The second kappa shape index (κ2) is 9.88. The first-order chi connectivity index (χ1) is 14.8. The van der Waals surface area contributed by atoms with Crippen LogP contribution < -0.4 is 15.4 Å². The number of nitrogens with one attached hydrogen (secondary N) is 2. The van der Waals surface area contributed by atoms with Gasteiger partial charge in [-0.15, -0.1) is 10.2 Å². The summed E-state index contributed by atoms with van der Waals surface area (Å²) < 4.78 is 11.2. The highest BCUT2D eigenvalue weighted by Gasteiger charge is 2.24. The Labute approximate surface area is 177 Å². The van der Waals surface area contributed by atoms with Crippen molar-refractivity contribution in [2.75, 3.05) is 31.8 Å². The summed E-state index contributed by atoms with van der Waals surface area (Å²) in [6.45, 7) is 4.68. The van der Waals surface area contributed by atoms with Crippen LogP contribution in [0.2, 0.25) is 0 Å². The van der Waals surface area contributed by atoms with Gasteiger partial charge in [0, 0.05) is 30.3 Å². The van der Waals surface area contributed by atoms with Crippen molar-refractivity contribution in [2.45, 2.75) is 51.5 Å². The SMILES string of the molecule is CCOCOc1cc(C#N)ccc1-c1nnc(NC2CCCNC2)c2c1CCCC2. The quantitative estimate of drug-likeness (QED) is 0.537. The number of benzene rings is 1. The van der Waals surface area contributed by atoms with Crippen molar-refractivity contribution in [1.29, 1.82) is 5.26 Å². The molecule has 2 aliphatic rings. The van der Waals surface area contributed by atoms with Gasteiger partial charge in [-0.3, -0.25) is 0 Å². The van der Waals surface area contributed by atoms with Crippen molar-refractivity contribution in [2.24, 2.45) is 0 Å². The fraction of sp³-hybridized carbons (Fsp3) is 0.522. The highest BCUT2D eigenvalue weighted by molar-refractivity contribution is 5.74. The smallest absolute Gasteiger partial charge is 0.189 e. The second-order valence-electron chi connectivity index (χ2n) is 7.83. The van der Waals surface area contributed by atoms with E-state index in [1.165, 1.54) is 17.5 Å². The number of nitrogens with zero attached hydrogens (tertiary/aromatic N) is 3. The molecule has 0 radical (unpaired) electrons. The third-order valence-corrected chi connectivity index (χ3v) is 5.79. The fourth-order valence-electron chi connectivity index (χ4n) is 4.24. The molecule has 0 amide bonds. The van der Waals surface area contributed by atoms with Crippen LogP contribution in [0.5, 0.6) is 5.75 Å². The Kier molecular flexibility index (Phi) is 6.77. The standard InChI is InChI=1S/C23H29N5O2/c1-2-29-15-30-21-12-16(13-24)9-10-20(21)22-18-7-3-4-8-19(18)23(28-27-22)26-17-6-5-11-25-14-17/h9-10,12,17,25H,2-8,11,14-15H2,1H3,(H,26,28). The zero-order valence-corrected chi connectivity index (χ0v) is 17.5. The van der Waals surface area contributed by atoms with Gasteiger partial charge in [0.1, 0.15) is 11.4 Å². The number of aromatic nitrogens is 2. The van der Waals surface area contributed by atoms with Crippen LogP contribution in [-0.4, -0.2) is 42.7 Å². The van der Waals surface area contributed by atoms with E-state index in [0.717, 1.165) is 62.3 Å². The lowest BCUT2D eigenvalue weighted by molar-refractivity contribution is 0.0227. The molecule has 1 atom stereocenters. The minimum atomic E-state index is 0.141. The van der Waals surface area contributed by atoms with Crippen LogP contribution >= 0.6 is 0 Å². The van der Waals surface area contributed by atoms with Gasteiger partial charge in [0.05, 0.1) is 11.6 Å². The lowest BCUT2D eigenvalue weighted by Crippen LogP contribution is -2.39. The normalized spacial score (nSPS) is 18.3. The summed E-state index contributed by atoms with van der Waals surface area (Å²) in [5.74, 6) is 1.54. The van der Waals surface area contributed by atoms with Gasteiger partial charge in [0.15, 0.2) is 12.6 Å². The highest BCUT2D eigenvalue weighted by atomic mass is 16.7. The lowest BCUT2D eigenvalue weighted by Gasteiger charge is -2.27. The molecule has 0 spiro atoms. The van der Waals surface area contributed by atoms with E-state index in [1.807, 2.05) is 13.0 Å². The van der Waals surface area contributed by atoms with Crippen molar-refractivity contribution in [3.63, 3.8) is 0 Å². The van der Waals surface area contributed by atoms with Crippen LogP contribution in [0.1, 0.15) is 49.3 Å². The lowest BCUT2D eigenvalue weighted by atomic mass is 9.88. The van der Waals surface area contributed by atoms with Crippen molar-refractivity contribution < 1.29 is 9.47 Å². The Balaban J connectivity index is 1.70. The Bertz CT molecular complexity index is 919. The monoisotopic (exact) mass is 407 g/mol. The molecular weight excluding hydrogens is 378 g/mol. The van der Waals surface area contributed by atoms with Crippen LogP contribution in [0.3, 0.4) is 0 Å². The number of rotatable bonds is 7. The Hall–Kier alpha value is -2.69. The molecule has 30 heavy (non-hydrogen) atoms. The van der Waals surface area contributed by atoms with Crippen molar-refractivity contribution in [3.05, 3.63) is 34.9 Å². The van der Waals surface area contributed by atoms with Gasteiger partial charge >= 0.3 is 0 Å². The molecular formula is C23H29N5O2. The minimum absolute atomic E-state index is 0.141. The van der Waals surface area contributed by atoms with Crippen molar-refractivity contribution in [3.8, 4) is 23.1 Å². The molecule has 4 rings (SSSR count). The number of ether oxygens (including phenoxy) is 2. The van der Waals surface area contributed by atoms with Gasteiger partial charge in [0.25, 0.3) is 0 Å². The van der Waals surface area contributed by atoms with Crippen LogP contribution in [0.4, 0.5) is 5.82 Å². The summed E-state index contributed by atoms with van der Waals surface area (Å²) in [5.41, 5.74) is 4.79. The van der Waals surface area contributed by atoms with E-state index in [-0.39, 0.29) is 6.79 Å². The Morgan fingerprint density at radius 1 is 1.20 bits per heavy atom. The molecule has 1 aliphatic carbocycles. The average molecular weight is 408 g/mol. The molecule has 1 fully saturated rings. The van der Waals surface area contributed by atoms with Crippen LogP contribution in [0, 0.1) is 11.3 Å². The molecule has 1 saturated heterocycles. The van der Waals surface area contributed by atoms with E-state index in [4.69, 9.17) is 9.47 Å². The third kappa shape index (κ3) is 4.55. The topological polar surface area (TPSA) is 92.1 Å². The van der Waals surface area contributed by atoms with Crippen molar-refractivity contribution in [1.82, 2.24) is 15.5 Å². The van der Waals surface area contributed by atoms with Gasteiger partial charge in [-0.05, 0) is 75.8 Å². The van der Waals surface area contributed by atoms with Gasteiger partial charge < -0.3 is 20.1 Å². The average Bonchev–Trinajstić information content (AvgIpc) is 2.80. The van der Waals surface area contributed by atoms with Gasteiger partial charge in [-0.25, -0.2) is 0 Å². The predicted octanol–water partition coefficient (Wildman–Crippen LogP) is 3.43. The highest BCUT2D eigenvalue weighted by Crippen LogP contribution is 2.37. The Morgan fingerprint density at radius 2 is 2.07 bits per heavy atom. The first kappa shape index (κ1) is 20.6. The first-order valence-electron chi connectivity index (χ1n) is 10.9. The zero-order valence-electron chi connectivity index (χ0n) is 17.5. The fourth-order valence-corrected chi connectivity index (χ4v) is 4.24. The molecule has 7 nitrogen and oxygen atoms in total.